The Labute approximate surface area is 190 Å². The minimum absolute atomic E-state index is 0. The maximum atomic E-state index is 6.49. The molecule has 0 spiro atoms. The normalized spacial score (nSPS) is 10.7. The van der Waals surface area contributed by atoms with Crippen LogP contribution in [-0.4, -0.2) is 25.9 Å². The van der Waals surface area contributed by atoms with E-state index < -0.39 is 0 Å². The summed E-state index contributed by atoms with van der Waals surface area (Å²) in [6.07, 6.45) is 1.24. The molecule has 0 saturated carbocycles. The van der Waals surface area contributed by atoms with Crippen LogP contribution in [0, 0.1) is 0 Å². The number of nitrogens with one attached hydrogen (secondary N) is 1. The molecule has 0 unspecified atom stereocenters. The molecule has 0 radical (unpaired) electrons. The highest BCUT2D eigenvalue weighted by atomic mass is 35.5. The van der Waals surface area contributed by atoms with Gasteiger partial charge in [0.2, 0.25) is 0 Å². The average Bonchev–Trinajstić information content (AvgIpc) is 2.65. The Morgan fingerprint density at radius 2 is 1.72 bits per heavy atom. The quantitative estimate of drug-likeness (QED) is 0.376. The van der Waals surface area contributed by atoms with E-state index in [1.165, 1.54) is 0 Å². The van der Waals surface area contributed by atoms with E-state index in [0.717, 1.165) is 30.7 Å². The van der Waals surface area contributed by atoms with Crippen molar-refractivity contribution in [1.82, 2.24) is 5.32 Å². The van der Waals surface area contributed by atoms with Gasteiger partial charge in [-0.25, -0.2) is 0 Å². The van der Waals surface area contributed by atoms with E-state index in [0.29, 0.717) is 41.3 Å². The van der Waals surface area contributed by atoms with Crippen LogP contribution in [0.25, 0.3) is 0 Å². The summed E-state index contributed by atoms with van der Waals surface area (Å²) >= 11 is 12.4. The van der Waals surface area contributed by atoms with Gasteiger partial charge in [-0.15, -0.1) is 12.4 Å². The molecule has 29 heavy (non-hydrogen) atoms. The number of halogens is 3. The molecule has 0 saturated heterocycles. The molecule has 7 heteroatoms. The first-order chi connectivity index (χ1) is 13.5. The summed E-state index contributed by atoms with van der Waals surface area (Å²) in [5.74, 6) is 1.22. The van der Waals surface area contributed by atoms with Gasteiger partial charge in [-0.2, -0.15) is 0 Å². The summed E-state index contributed by atoms with van der Waals surface area (Å²) in [4.78, 5) is 0. The van der Waals surface area contributed by atoms with Crippen LogP contribution in [0.15, 0.2) is 36.4 Å². The highest BCUT2D eigenvalue weighted by Gasteiger charge is 2.13. The molecule has 0 heterocycles. The largest absolute Gasteiger partial charge is 0.490 e. The minimum atomic E-state index is 0. The number of rotatable bonds is 12. The molecule has 0 bridgehead atoms. The fourth-order valence-corrected chi connectivity index (χ4v) is 3.03. The molecule has 0 aliphatic rings. The van der Waals surface area contributed by atoms with E-state index in [-0.39, 0.29) is 18.5 Å². The molecule has 0 amide bonds. The summed E-state index contributed by atoms with van der Waals surface area (Å²) in [6.45, 7) is 9.30. The van der Waals surface area contributed by atoms with Gasteiger partial charge in [-0.3, -0.25) is 0 Å². The van der Waals surface area contributed by atoms with Crippen LogP contribution < -0.4 is 14.8 Å². The molecule has 0 atom stereocenters. The molecule has 162 valence electrons. The van der Waals surface area contributed by atoms with Crippen molar-refractivity contribution >= 4 is 35.6 Å². The van der Waals surface area contributed by atoms with Gasteiger partial charge in [-0.05, 0) is 69.1 Å². The molecule has 0 aliphatic heterocycles. The zero-order valence-electron chi connectivity index (χ0n) is 17.2. The van der Waals surface area contributed by atoms with Crippen molar-refractivity contribution in [2.45, 2.75) is 46.4 Å². The fourth-order valence-electron chi connectivity index (χ4n) is 2.61. The van der Waals surface area contributed by atoms with Crippen molar-refractivity contribution in [2.75, 3.05) is 19.8 Å². The smallest absolute Gasteiger partial charge is 0.180 e. The SMILES string of the molecule is CCOc1cc(CNCCCOC(C)C)cc(Cl)c1OCc1ccc(Cl)cc1.Cl. The Bertz CT molecular complexity index is 724. The van der Waals surface area contributed by atoms with Crippen molar-refractivity contribution in [3.63, 3.8) is 0 Å². The summed E-state index contributed by atoms with van der Waals surface area (Å²) in [7, 11) is 0. The standard InChI is InChI=1S/C22H29Cl2NO3.ClH/c1-4-26-21-13-18(14-25-10-5-11-27-16(2)3)12-20(24)22(21)28-15-17-6-8-19(23)9-7-17;/h6-9,12-13,16,25H,4-5,10-11,14-15H2,1-3H3;1H. The lowest BCUT2D eigenvalue weighted by molar-refractivity contribution is 0.0770. The molecule has 2 rings (SSSR count). The predicted octanol–water partition coefficient (Wildman–Crippen LogP) is 6.30. The maximum absolute atomic E-state index is 6.49. The molecule has 0 aliphatic carbocycles. The molecule has 0 fully saturated rings. The number of benzene rings is 2. The number of hydrogen-bond acceptors (Lipinski definition) is 4. The third-order valence-corrected chi connectivity index (χ3v) is 4.48. The van der Waals surface area contributed by atoms with Gasteiger partial charge >= 0.3 is 0 Å². The lowest BCUT2D eigenvalue weighted by atomic mass is 10.2. The third kappa shape index (κ3) is 9.45. The van der Waals surface area contributed by atoms with E-state index in [4.69, 9.17) is 37.4 Å². The van der Waals surface area contributed by atoms with Gasteiger partial charge in [0.05, 0.1) is 17.7 Å². The zero-order valence-corrected chi connectivity index (χ0v) is 19.5. The van der Waals surface area contributed by atoms with Gasteiger partial charge in [0.25, 0.3) is 0 Å². The summed E-state index contributed by atoms with van der Waals surface area (Å²) in [6, 6.07) is 11.4. The lowest BCUT2D eigenvalue weighted by Crippen LogP contribution is -2.17. The van der Waals surface area contributed by atoms with E-state index in [1.54, 1.807) is 0 Å². The lowest BCUT2D eigenvalue weighted by Gasteiger charge is -2.16. The predicted molar refractivity (Wildman–Crippen MR) is 123 cm³/mol. The Balaban J connectivity index is 0.00000420. The molecular formula is C22H30Cl3NO3. The molecule has 2 aromatic rings. The van der Waals surface area contributed by atoms with Crippen LogP contribution >= 0.6 is 35.6 Å². The van der Waals surface area contributed by atoms with Crippen LogP contribution in [-0.2, 0) is 17.9 Å². The van der Waals surface area contributed by atoms with Gasteiger partial charge in [0.15, 0.2) is 11.5 Å². The minimum Gasteiger partial charge on any atom is -0.490 e. The Morgan fingerprint density at radius 3 is 2.38 bits per heavy atom. The number of ether oxygens (including phenoxy) is 3. The molecule has 1 N–H and O–H groups in total. The zero-order chi connectivity index (χ0) is 20.4. The van der Waals surface area contributed by atoms with Gasteiger partial charge < -0.3 is 19.5 Å². The van der Waals surface area contributed by atoms with Gasteiger partial charge in [0, 0.05) is 18.2 Å². The van der Waals surface area contributed by atoms with Crippen molar-refractivity contribution in [3.8, 4) is 11.5 Å². The van der Waals surface area contributed by atoms with E-state index in [1.807, 2.05) is 57.2 Å². The second kappa shape index (κ2) is 13.9. The first-order valence-electron chi connectivity index (χ1n) is 9.64. The Hall–Kier alpha value is -1.17. The third-order valence-electron chi connectivity index (χ3n) is 3.94. The van der Waals surface area contributed by atoms with Crippen LogP contribution in [0.5, 0.6) is 11.5 Å². The van der Waals surface area contributed by atoms with E-state index in [2.05, 4.69) is 5.32 Å². The van der Waals surface area contributed by atoms with Crippen LogP contribution in [0.2, 0.25) is 10.0 Å². The molecule has 0 aromatic heterocycles. The summed E-state index contributed by atoms with van der Waals surface area (Å²) in [5, 5.41) is 4.65. The van der Waals surface area contributed by atoms with Crippen molar-refractivity contribution in [2.24, 2.45) is 0 Å². The molecule has 4 nitrogen and oxygen atoms in total. The van der Waals surface area contributed by atoms with E-state index >= 15 is 0 Å². The number of hydrogen-bond donors (Lipinski definition) is 1. The Kier molecular flexibility index (Phi) is 12.4. The first kappa shape index (κ1) is 25.9. The van der Waals surface area contributed by atoms with Gasteiger partial charge in [-0.1, -0.05) is 35.3 Å². The highest BCUT2D eigenvalue weighted by Crippen LogP contribution is 2.37. The van der Waals surface area contributed by atoms with Gasteiger partial charge in [0.1, 0.15) is 6.61 Å². The highest BCUT2D eigenvalue weighted by molar-refractivity contribution is 6.32. The van der Waals surface area contributed by atoms with Crippen LogP contribution in [0.1, 0.15) is 38.3 Å². The topological polar surface area (TPSA) is 39.7 Å². The average molecular weight is 463 g/mol. The maximum Gasteiger partial charge on any atom is 0.180 e. The second-order valence-electron chi connectivity index (χ2n) is 6.70. The van der Waals surface area contributed by atoms with Crippen molar-refractivity contribution in [1.29, 1.82) is 0 Å². The van der Waals surface area contributed by atoms with Crippen molar-refractivity contribution in [3.05, 3.63) is 57.6 Å². The first-order valence-corrected chi connectivity index (χ1v) is 10.4. The monoisotopic (exact) mass is 461 g/mol. The van der Waals surface area contributed by atoms with Crippen molar-refractivity contribution < 1.29 is 14.2 Å². The van der Waals surface area contributed by atoms with E-state index in [9.17, 15) is 0 Å². The fraction of sp³-hybridized carbons (Fsp3) is 0.455. The summed E-state index contributed by atoms with van der Waals surface area (Å²) in [5.41, 5.74) is 2.06. The second-order valence-corrected chi connectivity index (χ2v) is 7.55. The molecule has 2 aromatic carbocycles. The Morgan fingerprint density at radius 1 is 1.00 bits per heavy atom. The summed E-state index contributed by atoms with van der Waals surface area (Å²) < 4.78 is 17.2. The molecular weight excluding hydrogens is 433 g/mol. The van der Waals surface area contributed by atoms with Crippen LogP contribution in [0.4, 0.5) is 0 Å². The van der Waals surface area contributed by atoms with Crippen LogP contribution in [0.3, 0.4) is 0 Å².